The van der Waals surface area contributed by atoms with E-state index in [0.717, 1.165) is 0 Å². The monoisotopic (exact) mass is 56.1 g/mol. The zero-order valence-corrected chi connectivity index (χ0v) is 2.65. The normalized spacial score (nSPS) is 9.25. The van der Waals surface area contributed by atoms with Gasteiger partial charge in [0.15, 0.2) is 0 Å². The third-order valence-electron chi connectivity index (χ3n) is 0.167. The summed E-state index contributed by atoms with van der Waals surface area (Å²) in [5.41, 5.74) is 6.27. The van der Waals surface area contributed by atoms with Crippen molar-refractivity contribution in [3.05, 3.63) is 12.3 Å². The van der Waals surface area contributed by atoms with Crippen LogP contribution in [0.4, 0.5) is 0 Å². The van der Waals surface area contributed by atoms with Gasteiger partial charge in [0.05, 0.1) is 0 Å². The van der Waals surface area contributed by atoms with Crippen LogP contribution in [0.5, 0.6) is 0 Å². The summed E-state index contributed by atoms with van der Waals surface area (Å²) in [6.45, 7) is 1.81. The highest BCUT2D eigenvalue weighted by Crippen LogP contribution is 1.50. The molecule has 1 nitrogen and oxygen atoms in total. The second-order valence-corrected chi connectivity index (χ2v) is 0.500. The Hall–Kier alpha value is -0.460. The third-order valence-corrected chi connectivity index (χ3v) is 0.167. The summed E-state index contributed by atoms with van der Waals surface area (Å²) in [5, 5.41) is 0. The SMILES string of the molecule is C/C=C\[NH]. The first-order valence-electron chi connectivity index (χ1n) is 1.20. The van der Waals surface area contributed by atoms with E-state index in [0.29, 0.717) is 0 Å². The first-order chi connectivity index (χ1) is 1.91. The molecule has 0 bridgehead atoms. The van der Waals surface area contributed by atoms with Gasteiger partial charge in [-0.15, -0.1) is 0 Å². The highest BCUT2D eigenvalue weighted by atomic mass is 14.5. The topological polar surface area (TPSA) is 23.8 Å². The maximum Gasteiger partial charge on any atom is 0.0135 e. The Kier molecular flexibility index (Phi) is 2.25. The molecule has 0 heterocycles. The van der Waals surface area contributed by atoms with Gasteiger partial charge in [-0.1, -0.05) is 6.08 Å². The van der Waals surface area contributed by atoms with E-state index in [4.69, 9.17) is 5.73 Å². The molecule has 0 aromatic carbocycles. The van der Waals surface area contributed by atoms with Crippen molar-refractivity contribution < 1.29 is 0 Å². The molecule has 0 aliphatic carbocycles. The minimum atomic E-state index is 1.25. The number of hydrogen-bond donors (Lipinski definition) is 0. The summed E-state index contributed by atoms with van der Waals surface area (Å²) >= 11 is 0. The Labute approximate surface area is 26.1 Å². The van der Waals surface area contributed by atoms with Crippen LogP contribution < -0.4 is 5.73 Å². The van der Waals surface area contributed by atoms with Crippen LogP contribution in [0, 0.1) is 0 Å². The summed E-state index contributed by atoms with van der Waals surface area (Å²) in [4.78, 5) is 0. The minimum Gasteiger partial charge on any atom is -0.309 e. The second-order valence-electron chi connectivity index (χ2n) is 0.500. The molecule has 23 valence electrons. The molecule has 0 atom stereocenters. The van der Waals surface area contributed by atoms with E-state index >= 15 is 0 Å². The van der Waals surface area contributed by atoms with E-state index < -0.39 is 0 Å². The molecular weight excluding hydrogens is 50.0 g/mol. The van der Waals surface area contributed by atoms with Gasteiger partial charge in [-0.05, 0) is 6.92 Å². The maximum atomic E-state index is 6.27. The summed E-state index contributed by atoms with van der Waals surface area (Å²) < 4.78 is 0. The predicted molar refractivity (Wildman–Crippen MR) is 17.9 cm³/mol. The lowest BCUT2D eigenvalue weighted by molar-refractivity contribution is 1.49. The maximum absolute atomic E-state index is 6.27. The molecule has 1 radical (unpaired) electrons. The fourth-order valence-electron chi connectivity index (χ4n) is 0. The standard InChI is InChI=1S/C3H6N/c1-2-3-4/h2-4H,1H3/b3-2-. The van der Waals surface area contributed by atoms with Gasteiger partial charge in [-0.3, -0.25) is 0 Å². The minimum absolute atomic E-state index is 1.25. The van der Waals surface area contributed by atoms with Crippen molar-refractivity contribution in [3.63, 3.8) is 0 Å². The van der Waals surface area contributed by atoms with Gasteiger partial charge in [0.1, 0.15) is 0 Å². The highest BCUT2D eigenvalue weighted by molar-refractivity contribution is 4.65. The van der Waals surface area contributed by atoms with Crippen molar-refractivity contribution in [2.45, 2.75) is 6.92 Å². The molecule has 0 fully saturated rings. The van der Waals surface area contributed by atoms with Gasteiger partial charge in [0.2, 0.25) is 0 Å². The largest absolute Gasteiger partial charge is 0.309 e. The van der Waals surface area contributed by atoms with Crippen molar-refractivity contribution in [1.29, 1.82) is 0 Å². The van der Waals surface area contributed by atoms with E-state index in [1.807, 2.05) is 6.92 Å². The average Bonchev–Trinajstić information content (AvgIpc) is 1.37. The first kappa shape index (κ1) is 3.54. The summed E-state index contributed by atoms with van der Waals surface area (Å²) in [6.07, 6.45) is 2.92. The number of nitrogens with one attached hydrogen (secondary N) is 1. The number of hydrogen-bond acceptors (Lipinski definition) is 0. The second kappa shape index (κ2) is 2.54. The summed E-state index contributed by atoms with van der Waals surface area (Å²) in [5.74, 6) is 0. The van der Waals surface area contributed by atoms with Gasteiger partial charge >= 0.3 is 0 Å². The lowest BCUT2D eigenvalue weighted by atomic mass is 10.7. The van der Waals surface area contributed by atoms with E-state index in [9.17, 15) is 0 Å². The fourth-order valence-corrected chi connectivity index (χ4v) is 0. The Morgan fingerprint density at radius 3 is 2.00 bits per heavy atom. The first-order valence-corrected chi connectivity index (χ1v) is 1.20. The van der Waals surface area contributed by atoms with Crippen LogP contribution >= 0.6 is 0 Å². The van der Waals surface area contributed by atoms with E-state index in [-0.39, 0.29) is 0 Å². The van der Waals surface area contributed by atoms with Gasteiger partial charge in [-0.2, -0.15) is 0 Å². The molecule has 1 N–H and O–H groups in total. The molecule has 0 saturated heterocycles. The van der Waals surface area contributed by atoms with E-state index in [1.165, 1.54) is 6.20 Å². The van der Waals surface area contributed by atoms with Gasteiger partial charge < -0.3 is 5.73 Å². The number of allylic oxidation sites excluding steroid dienone is 1. The molecule has 0 amide bonds. The summed E-state index contributed by atoms with van der Waals surface area (Å²) in [7, 11) is 0. The molecule has 0 aromatic rings. The quantitative estimate of drug-likeness (QED) is 0.392. The zero-order chi connectivity index (χ0) is 3.41. The van der Waals surface area contributed by atoms with Crippen molar-refractivity contribution in [2.75, 3.05) is 0 Å². The Balaban J connectivity index is 2.55. The Morgan fingerprint density at radius 1 is 1.75 bits per heavy atom. The molecule has 0 aliphatic heterocycles. The Bertz CT molecular complexity index is 18.5. The van der Waals surface area contributed by atoms with Crippen LogP contribution in [0.3, 0.4) is 0 Å². The molecule has 1 heteroatoms. The van der Waals surface area contributed by atoms with Crippen LogP contribution in [0.15, 0.2) is 12.3 Å². The Morgan fingerprint density at radius 2 is 2.00 bits per heavy atom. The van der Waals surface area contributed by atoms with Gasteiger partial charge in [0, 0.05) is 6.20 Å². The van der Waals surface area contributed by atoms with Gasteiger partial charge in [0.25, 0.3) is 0 Å². The molecule has 4 heavy (non-hydrogen) atoms. The molecule has 0 aliphatic rings. The van der Waals surface area contributed by atoms with E-state index in [2.05, 4.69) is 0 Å². The molecule has 0 saturated carbocycles. The molecule has 0 rings (SSSR count). The smallest absolute Gasteiger partial charge is 0.0135 e. The van der Waals surface area contributed by atoms with Crippen molar-refractivity contribution in [3.8, 4) is 0 Å². The van der Waals surface area contributed by atoms with Crippen LogP contribution in [-0.4, -0.2) is 0 Å². The van der Waals surface area contributed by atoms with Crippen molar-refractivity contribution >= 4 is 0 Å². The van der Waals surface area contributed by atoms with Crippen LogP contribution in [0.25, 0.3) is 0 Å². The molecule has 0 aromatic heterocycles. The van der Waals surface area contributed by atoms with Crippen LogP contribution in [0.1, 0.15) is 6.92 Å². The van der Waals surface area contributed by atoms with E-state index in [1.54, 1.807) is 6.08 Å². The van der Waals surface area contributed by atoms with Gasteiger partial charge in [-0.25, -0.2) is 0 Å². The molecular formula is C3H6N. The van der Waals surface area contributed by atoms with Crippen LogP contribution in [0.2, 0.25) is 0 Å². The van der Waals surface area contributed by atoms with Crippen LogP contribution in [-0.2, 0) is 0 Å². The van der Waals surface area contributed by atoms with Crippen molar-refractivity contribution in [1.82, 2.24) is 5.73 Å². The lowest BCUT2D eigenvalue weighted by Crippen LogP contribution is -1.43. The zero-order valence-electron chi connectivity index (χ0n) is 2.65. The molecule has 0 unspecified atom stereocenters. The fraction of sp³-hybridized carbons (Fsp3) is 0.333. The van der Waals surface area contributed by atoms with Crippen molar-refractivity contribution in [2.24, 2.45) is 0 Å². The summed E-state index contributed by atoms with van der Waals surface area (Å²) in [6, 6.07) is 0. The molecule has 0 spiro atoms. The highest BCUT2D eigenvalue weighted by Gasteiger charge is 1.34. The number of rotatable bonds is 0. The third kappa shape index (κ3) is 1.54. The predicted octanol–water partition coefficient (Wildman–Crippen LogP) is 0.803. The lowest BCUT2D eigenvalue weighted by Gasteiger charge is -1.50. The average molecular weight is 56.1 g/mol.